The van der Waals surface area contributed by atoms with Gasteiger partial charge in [0.2, 0.25) is 5.91 Å². The Kier molecular flexibility index (Phi) is 5.02. The van der Waals surface area contributed by atoms with E-state index < -0.39 is 0 Å². The lowest BCUT2D eigenvalue weighted by Gasteiger charge is -2.31. The molecule has 2 aromatic carbocycles. The van der Waals surface area contributed by atoms with E-state index in [-0.39, 0.29) is 17.2 Å². The highest BCUT2D eigenvalue weighted by atomic mass is 32.2. The first-order chi connectivity index (χ1) is 12.8. The first-order valence-corrected chi connectivity index (χ1v) is 9.78. The van der Waals surface area contributed by atoms with Crippen LogP contribution in [0.3, 0.4) is 0 Å². The summed E-state index contributed by atoms with van der Waals surface area (Å²) < 4.78 is 0. The number of carbonyl (C=O) groups excluding carboxylic acids is 1. The van der Waals surface area contributed by atoms with Crippen LogP contribution in [0.2, 0.25) is 0 Å². The molecule has 1 aromatic heterocycles. The third-order valence-electron chi connectivity index (χ3n) is 4.67. The second kappa shape index (κ2) is 7.75. The number of hydrogen-bond donors (Lipinski definition) is 0. The number of hydrogen-bond acceptors (Lipinski definition) is 3. The molecule has 1 unspecified atom stereocenters. The lowest BCUT2D eigenvalue weighted by Crippen LogP contribution is -2.36. The molecule has 130 valence electrons. The van der Waals surface area contributed by atoms with Crippen LogP contribution in [-0.2, 0) is 11.3 Å². The summed E-state index contributed by atoms with van der Waals surface area (Å²) in [5.41, 5.74) is 3.39. The van der Waals surface area contributed by atoms with Crippen LogP contribution in [0.1, 0.15) is 22.7 Å². The number of amides is 1. The molecule has 1 aliphatic heterocycles. The molecule has 1 amide bonds. The fourth-order valence-corrected chi connectivity index (χ4v) is 4.79. The summed E-state index contributed by atoms with van der Waals surface area (Å²) in [6.07, 6.45) is 1.78. The van der Waals surface area contributed by atoms with Crippen LogP contribution in [0.15, 0.2) is 85.1 Å². The Labute approximate surface area is 158 Å². The van der Waals surface area contributed by atoms with Crippen molar-refractivity contribution in [2.24, 2.45) is 0 Å². The van der Waals surface area contributed by atoms with Crippen LogP contribution in [0, 0.1) is 0 Å². The third kappa shape index (κ3) is 3.51. The average molecular weight is 360 g/mol. The van der Waals surface area contributed by atoms with E-state index in [4.69, 9.17) is 0 Å². The maximum Gasteiger partial charge on any atom is 0.233 e. The standard InChI is InChI=1S/C22H20N2OS/c25-20-16-26-22(24(20)15-19-13-7-8-14-23-19)21(17-9-3-1-4-10-17)18-11-5-2-6-12-18/h1-14,21-22H,15-16H2. The van der Waals surface area contributed by atoms with Gasteiger partial charge in [-0.25, -0.2) is 0 Å². The van der Waals surface area contributed by atoms with E-state index in [0.29, 0.717) is 12.3 Å². The smallest absolute Gasteiger partial charge is 0.233 e. The molecule has 1 saturated heterocycles. The van der Waals surface area contributed by atoms with Crippen molar-refractivity contribution < 1.29 is 4.79 Å². The lowest BCUT2D eigenvalue weighted by atomic mass is 9.90. The van der Waals surface area contributed by atoms with Crippen LogP contribution in [-0.4, -0.2) is 26.9 Å². The van der Waals surface area contributed by atoms with Crippen molar-refractivity contribution in [2.75, 3.05) is 5.75 Å². The number of benzene rings is 2. The molecule has 4 heteroatoms. The number of aromatic nitrogens is 1. The summed E-state index contributed by atoms with van der Waals surface area (Å²) in [6.45, 7) is 0.549. The molecular weight excluding hydrogens is 340 g/mol. The van der Waals surface area contributed by atoms with Gasteiger partial charge in [0, 0.05) is 12.1 Å². The fourth-order valence-electron chi connectivity index (χ4n) is 3.43. The van der Waals surface area contributed by atoms with Gasteiger partial charge in [0.25, 0.3) is 0 Å². The first kappa shape index (κ1) is 16.9. The Hall–Kier alpha value is -2.59. The van der Waals surface area contributed by atoms with Crippen molar-refractivity contribution in [1.29, 1.82) is 0 Å². The molecule has 0 N–H and O–H groups in total. The highest BCUT2D eigenvalue weighted by Crippen LogP contribution is 2.41. The van der Waals surface area contributed by atoms with Gasteiger partial charge >= 0.3 is 0 Å². The first-order valence-electron chi connectivity index (χ1n) is 8.74. The molecule has 4 rings (SSSR count). The van der Waals surface area contributed by atoms with Gasteiger partial charge in [-0.05, 0) is 23.3 Å². The molecular formula is C22H20N2OS. The van der Waals surface area contributed by atoms with E-state index in [1.54, 1.807) is 18.0 Å². The fraction of sp³-hybridized carbons (Fsp3) is 0.182. The minimum atomic E-state index is 0.0642. The third-order valence-corrected chi connectivity index (χ3v) is 5.95. The van der Waals surface area contributed by atoms with Gasteiger partial charge in [-0.3, -0.25) is 9.78 Å². The molecule has 3 aromatic rings. The Balaban J connectivity index is 1.71. The molecule has 1 fully saturated rings. The molecule has 0 radical (unpaired) electrons. The van der Waals surface area contributed by atoms with Gasteiger partial charge in [0.15, 0.2) is 0 Å². The van der Waals surface area contributed by atoms with Crippen molar-refractivity contribution in [2.45, 2.75) is 17.8 Å². The second-order valence-corrected chi connectivity index (χ2v) is 7.45. The predicted molar refractivity (Wildman–Crippen MR) is 106 cm³/mol. The number of carbonyl (C=O) groups is 1. The molecule has 0 aliphatic carbocycles. The van der Waals surface area contributed by atoms with Crippen molar-refractivity contribution in [3.8, 4) is 0 Å². The number of thioether (sulfide) groups is 1. The quantitative estimate of drug-likeness (QED) is 0.679. The van der Waals surface area contributed by atoms with E-state index >= 15 is 0 Å². The number of rotatable bonds is 5. The van der Waals surface area contributed by atoms with Crippen molar-refractivity contribution >= 4 is 17.7 Å². The maximum absolute atomic E-state index is 12.6. The lowest BCUT2D eigenvalue weighted by molar-refractivity contribution is -0.128. The van der Waals surface area contributed by atoms with Gasteiger partial charge in [0.1, 0.15) is 0 Å². The summed E-state index contributed by atoms with van der Waals surface area (Å²) in [6, 6.07) is 26.8. The monoisotopic (exact) mass is 360 g/mol. The highest BCUT2D eigenvalue weighted by Gasteiger charge is 2.38. The van der Waals surface area contributed by atoms with Gasteiger partial charge in [-0.2, -0.15) is 0 Å². The SMILES string of the molecule is O=C1CSC(C(c2ccccc2)c2ccccc2)N1Cc1ccccn1. The highest BCUT2D eigenvalue weighted by molar-refractivity contribution is 8.01. The van der Waals surface area contributed by atoms with E-state index in [9.17, 15) is 4.79 Å². The van der Waals surface area contributed by atoms with Gasteiger partial charge in [-0.15, -0.1) is 11.8 Å². The molecule has 0 bridgehead atoms. The largest absolute Gasteiger partial charge is 0.323 e. The van der Waals surface area contributed by atoms with Crippen molar-refractivity contribution in [1.82, 2.24) is 9.88 Å². The molecule has 1 aliphatic rings. The van der Waals surface area contributed by atoms with E-state index in [0.717, 1.165) is 5.69 Å². The zero-order chi connectivity index (χ0) is 17.8. The van der Waals surface area contributed by atoms with Crippen LogP contribution in [0.25, 0.3) is 0 Å². The molecule has 0 spiro atoms. The van der Waals surface area contributed by atoms with Crippen LogP contribution in [0.5, 0.6) is 0 Å². The maximum atomic E-state index is 12.6. The normalized spacial score (nSPS) is 17.0. The molecule has 26 heavy (non-hydrogen) atoms. The molecule has 2 heterocycles. The summed E-state index contributed by atoms with van der Waals surface area (Å²) in [7, 11) is 0. The van der Waals surface area contributed by atoms with Crippen molar-refractivity contribution in [3.63, 3.8) is 0 Å². The Morgan fingerprint density at radius 1 is 0.923 bits per heavy atom. The molecule has 0 saturated carbocycles. The Bertz CT molecular complexity index is 816. The minimum absolute atomic E-state index is 0.0642. The number of pyridine rings is 1. The van der Waals surface area contributed by atoms with Crippen LogP contribution >= 0.6 is 11.8 Å². The van der Waals surface area contributed by atoms with E-state index in [2.05, 4.69) is 53.5 Å². The summed E-state index contributed by atoms with van der Waals surface area (Å²) in [5.74, 6) is 0.841. The van der Waals surface area contributed by atoms with Crippen molar-refractivity contribution in [3.05, 3.63) is 102 Å². The Morgan fingerprint density at radius 3 is 2.12 bits per heavy atom. The molecule has 3 nitrogen and oxygen atoms in total. The van der Waals surface area contributed by atoms with Gasteiger partial charge in [0.05, 0.1) is 23.4 Å². The molecule has 1 atom stereocenters. The van der Waals surface area contributed by atoms with E-state index in [1.165, 1.54) is 11.1 Å². The Morgan fingerprint density at radius 2 is 1.54 bits per heavy atom. The zero-order valence-electron chi connectivity index (χ0n) is 14.4. The summed E-state index contributed by atoms with van der Waals surface area (Å²) in [5, 5.41) is 0.0642. The summed E-state index contributed by atoms with van der Waals surface area (Å²) >= 11 is 1.72. The van der Waals surface area contributed by atoms with Crippen LogP contribution in [0.4, 0.5) is 0 Å². The van der Waals surface area contributed by atoms with Crippen LogP contribution < -0.4 is 0 Å². The summed E-state index contributed by atoms with van der Waals surface area (Å²) in [4.78, 5) is 19.0. The zero-order valence-corrected chi connectivity index (χ0v) is 15.2. The average Bonchev–Trinajstić information content (AvgIpc) is 3.05. The van der Waals surface area contributed by atoms with E-state index in [1.807, 2.05) is 35.2 Å². The minimum Gasteiger partial charge on any atom is -0.323 e. The second-order valence-electron chi connectivity index (χ2n) is 6.34. The van der Waals surface area contributed by atoms with Gasteiger partial charge in [-0.1, -0.05) is 66.7 Å². The predicted octanol–water partition coefficient (Wildman–Crippen LogP) is 4.32. The topological polar surface area (TPSA) is 33.2 Å². The van der Waals surface area contributed by atoms with Gasteiger partial charge < -0.3 is 4.90 Å². The number of nitrogens with zero attached hydrogens (tertiary/aromatic N) is 2.